The van der Waals surface area contributed by atoms with Crippen LogP contribution in [0.5, 0.6) is 0 Å². The zero-order chi connectivity index (χ0) is 12.3. The maximum absolute atomic E-state index is 12.0. The van der Waals surface area contributed by atoms with Crippen molar-refractivity contribution in [1.29, 1.82) is 0 Å². The van der Waals surface area contributed by atoms with Crippen molar-refractivity contribution in [2.75, 3.05) is 6.54 Å². The standard InChI is InChI=1S/C11H17IN2OS.ClH/c1-7(2)11(3,6-13)14-10(15)8-4-9(12)16-5-8;/h4-5,7H,6,13H2,1-3H3,(H,14,15);1H. The van der Waals surface area contributed by atoms with Crippen molar-refractivity contribution >= 4 is 52.2 Å². The highest BCUT2D eigenvalue weighted by molar-refractivity contribution is 14.1. The van der Waals surface area contributed by atoms with Crippen molar-refractivity contribution in [1.82, 2.24) is 5.32 Å². The highest BCUT2D eigenvalue weighted by Gasteiger charge is 2.29. The van der Waals surface area contributed by atoms with Crippen LogP contribution in [0.4, 0.5) is 0 Å². The van der Waals surface area contributed by atoms with Gasteiger partial charge < -0.3 is 11.1 Å². The van der Waals surface area contributed by atoms with Crippen molar-refractivity contribution in [3.05, 3.63) is 19.9 Å². The van der Waals surface area contributed by atoms with E-state index in [1.54, 1.807) is 11.3 Å². The molecule has 0 aromatic carbocycles. The molecular weight excluding hydrogens is 371 g/mol. The van der Waals surface area contributed by atoms with Gasteiger partial charge in [-0.3, -0.25) is 4.79 Å². The first-order chi connectivity index (χ1) is 7.39. The Labute approximate surface area is 126 Å². The summed E-state index contributed by atoms with van der Waals surface area (Å²) in [6.07, 6.45) is 0. The van der Waals surface area contributed by atoms with Gasteiger partial charge in [0.15, 0.2) is 0 Å². The summed E-state index contributed by atoms with van der Waals surface area (Å²) in [6.45, 7) is 6.54. The Morgan fingerprint density at radius 1 is 1.65 bits per heavy atom. The minimum absolute atomic E-state index is 0. The fraction of sp³-hybridized carbons (Fsp3) is 0.545. The average Bonchev–Trinajstić information content (AvgIpc) is 2.64. The van der Waals surface area contributed by atoms with Gasteiger partial charge in [0.1, 0.15) is 0 Å². The van der Waals surface area contributed by atoms with E-state index in [1.165, 1.54) is 0 Å². The lowest BCUT2D eigenvalue weighted by Gasteiger charge is -2.33. The molecule has 1 aromatic heterocycles. The van der Waals surface area contributed by atoms with Gasteiger partial charge in [0, 0.05) is 11.9 Å². The van der Waals surface area contributed by atoms with E-state index in [-0.39, 0.29) is 23.9 Å². The maximum atomic E-state index is 12.0. The number of thiophene rings is 1. The second kappa shape index (κ2) is 6.92. The summed E-state index contributed by atoms with van der Waals surface area (Å²) in [5.41, 5.74) is 6.10. The molecule has 1 atom stereocenters. The highest BCUT2D eigenvalue weighted by Crippen LogP contribution is 2.19. The van der Waals surface area contributed by atoms with Gasteiger partial charge in [0.25, 0.3) is 5.91 Å². The summed E-state index contributed by atoms with van der Waals surface area (Å²) in [7, 11) is 0. The Bertz CT molecular complexity index is 383. The summed E-state index contributed by atoms with van der Waals surface area (Å²) in [5.74, 6) is 0.264. The van der Waals surface area contributed by atoms with E-state index in [0.717, 1.165) is 8.45 Å². The van der Waals surface area contributed by atoms with Crippen molar-refractivity contribution in [3.8, 4) is 0 Å². The second-order valence-corrected chi connectivity index (χ2v) is 7.18. The first-order valence-corrected chi connectivity index (χ1v) is 7.11. The lowest BCUT2D eigenvalue weighted by molar-refractivity contribution is 0.0883. The van der Waals surface area contributed by atoms with Crippen LogP contribution in [-0.4, -0.2) is 18.0 Å². The molecule has 1 heterocycles. The minimum Gasteiger partial charge on any atom is -0.345 e. The number of rotatable bonds is 4. The molecule has 0 saturated carbocycles. The molecule has 0 radical (unpaired) electrons. The highest BCUT2D eigenvalue weighted by atomic mass is 127. The molecule has 0 fully saturated rings. The molecule has 1 rings (SSSR count). The van der Waals surface area contributed by atoms with Gasteiger partial charge in [-0.05, 0) is 41.5 Å². The monoisotopic (exact) mass is 388 g/mol. The van der Waals surface area contributed by atoms with E-state index >= 15 is 0 Å². The Morgan fingerprint density at radius 2 is 2.24 bits per heavy atom. The molecule has 98 valence electrons. The summed E-state index contributed by atoms with van der Waals surface area (Å²) < 4.78 is 1.11. The molecule has 0 aliphatic heterocycles. The molecule has 0 saturated heterocycles. The number of hydrogen-bond donors (Lipinski definition) is 2. The summed E-state index contributed by atoms with van der Waals surface area (Å²) >= 11 is 3.78. The van der Waals surface area contributed by atoms with Crippen LogP contribution in [0.2, 0.25) is 0 Å². The molecule has 3 N–H and O–H groups in total. The van der Waals surface area contributed by atoms with Gasteiger partial charge in [-0.2, -0.15) is 0 Å². The van der Waals surface area contributed by atoms with E-state index in [9.17, 15) is 4.79 Å². The largest absolute Gasteiger partial charge is 0.345 e. The predicted molar refractivity (Wildman–Crippen MR) is 84.0 cm³/mol. The Balaban J connectivity index is 0.00000256. The van der Waals surface area contributed by atoms with E-state index in [4.69, 9.17) is 5.73 Å². The molecule has 1 unspecified atom stereocenters. The second-order valence-electron chi connectivity index (χ2n) is 4.37. The molecule has 3 nitrogen and oxygen atoms in total. The Hall–Kier alpha value is 0.150. The van der Waals surface area contributed by atoms with Crippen LogP contribution < -0.4 is 11.1 Å². The van der Waals surface area contributed by atoms with Gasteiger partial charge in [0.2, 0.25) is 0 Å². The quantitative estimate of drug-likeness (QED) is 0.779. The van der Waals surface area contributed by atoms with E-state index in [0.29, 0.717) is 12.5 Å². The first-order valence-electron chi connectivity index (χ1n) is 5.15. The van der Waals surface area contributed by atoms with Crippen molar-refractivity contribution in [2.45, 2.75) is 26.3 Å². The fourth-order valence-electron chi connectivity index (χ4n) is 1.19. The SMILES string of the molecule is CC(C)C(C)(CN)NC(=O)c1csc(I)c1.Cl. The number of nitrogens with one attached hydrogen (secondary N) is 1. The van der Waals surface area contributed by atoms with Crippen molar-refractivity contribution < 1.29 is 4.79 Å². The molecule has 0 spiro atoms. The third-order valence-electron chi connectivity index (χ3n) is 2.93. The third kappa shape index (κ3) is 4.39. The van der Waals surface area contributed by atoms with Crippen molar-refractivity contribution in [3.63, 3.8) is 0 Å². The summed E-state index contributed by atoms with van der Waals surface area (Å²) in [5, 5.41) is 4.88. The number of carbonyl (C=O) groups excluding carboxylic acids is 1. The minimum atomic E-state index is -0.343. The lowest BCUT2D eigenvalue weighted by atomic mass is 9.88. The van der Waals surface area contributed by atoms with Crippen LogP contribution in [0.15, 0.2) is 11.4 Å². The molecule has 0 aliphatic carbocycles. The van der Waals surface area contributed by atoms with Gasteiger partial charge >= 0.3 is 0 Å². The van der Waals surface area contributed by atoms with Crippen LogP contribution in [0.3, 0.4) is 0 Å². The molecule has 0 aliphatic rings. The van der Waals surface area contributed by atoms with Gasteiger partial charge in [-0.25, -0.2) is 0 Å². The Morgan fingerprint density at radius 3 is 2.59 bits per heavy atom. The molecule has 17 heavy (non-hydrogen) atoms. The van der Waals surface area contributed by atoms with Crippen LogP contribution >= 0.6 is 46.3 Å². The zero-order valence-corrected chi connectivity index (χ0v) is 13.9. The normalized spacial score (nSPS) is 14.0. The number of carbonyl (C=O) groups is 1. The van der Waals surface area contributed by atoms with Gasteiger partial charge in [-0.15, -0.1) is 23.7 Å². The topological polar surface area (TPSA) is 55.1 Å². The number of amides is 1. The number of halogens is 2. The predicted octanol–water partition coefficient (Wildman–Crippen LogP) is 2.88. The van der Waals surface area contributed by atoms with Crippen LogP contribution in [0, 0.1) is 8.80 Å². The molecule has 0 bridgehead atoms. The number of hydrogen-bond acceptors (Lipinski definition) is 3. The number of nitrogens with two attached hydrogens (primary N) is 1. The molecular formula is C11H18ClIN2OS. The zero-order valence-electron chi connectivity index (χ0n) is 10.1. The van der Waals surface area contributed by atoms with Gasteiger partial charge in [-0.1, -0.05) is 13.8 Å². The van der Waals surface area contributed by atoms with Crippen LogP contribution in [0.25, 0.3) is 0 Å². The summed E-state index contributed by atoms with van der Waals surface area (Å²) in [4.78, 5) is 12.0. The molecule has 1 aromatic rings. The smallest absolute Gasteiger partial charge is 0.252 e. The summed E-state index contributed by atoms with van der Waals surface area (Å²) in [6, 6.07) is 1.89. The van der Waals surface area contributed by atoms with E-state index < -0.39 is 0 Å². The van der Waals surface area contributed by atoms with Crippen LogP contribution in [0.1, 0.15) is 31.1 Å². The van der Waals surface area contributed by atoms with Crippen LogP contribution in [-0.2, 0) is 0 Å². The maximum Gasteiger partial charge on any atom is 0.252 e. The molecule has 6 heteroatoms. The average molecular weight is 389 g/mol. The van der Waals surface area contributed by atoms with Crippen molar-refractivity contribution in [2.24, 2.45) is 11.7 Å². The Kier molecular flexibility index (Phi) is 6.98. The van der Waals surface area contributed by atoms with E-state index in [1.807, 2.05) is 18.4 Å². The third-order valence-corrected chi connectivity index (χ3v) is 4.72. The van der Waals surface area contributed by atoms with Gasteiger partial charge in [0.05, 0.1) is 14.0 Å². The first kappa shape index (κ1) is 17.2. The molecule has 1 amide bonds. The lowest BCUT2D eigenvalue weighted by Crippen LogP contribution is -2.54. The van der Waals surface area contributed by atoms with E-state index in [2.05, 4.69) is 41.8 Å². The fourth-order valence-corrected chi connectivity index (χ4v) is 2.52.